The molecule has 2 aromatic heterocycles. The minimum absolute atomic E-state index is 0.0493. The van der Waals surface area contributed by atoms with Crippen molar-refractivity contribution in [3.05, 3.63) is 122 Å². The highest BCUT2D eigenvalue weighted by Gasteiger charge is 2.45. The summed E-state index contributed by atoms with van der Waals surface area (Å²) in [6.07, 6.45) is 0. The molecule has 0 bridgehead atoms. The van der Waals surface area contributed by atoms with E-state index in [1.807, 2.05) is 48.5 Å². The number of aryl methyl sites for hydroxylation is 1. The predicted molar refractivity (Wildman–Crippen MR) is 147 cm³/mol. The van der Waals surface area contributed by atoms with Gasteiger partial charge in [-0.25, -0.2) is 9.78 Å². The number of thiazole rings is 1. The number of amides is 1. The van der Waals surface area contributed by atoms with Gasteiger partial charge in [0.25, 0.3) is 5.91 Å². The van der Waals surface area contributed by atoms with E-state index in [0.29, 0.717) is 34.6 Å². The van der Waals surface area contributed by atoms with E-state index in [1.54, 1.807) is 37.3 Å². The Bertz CT molecular complexity index is 1790. The first-order valence-corrected chi connectivity index (χ1v) is 13.0. The summed E-state index contributed by atoms with van der Waals surface area (Å²) in [6, 6.07) is 23.0. The molecule has 0 unspecified atom stereocenters. The number of aromatic nitrogens is 1. The summed E-state index contributed by atoms with van der Waals surface area (Å²) < 4.78 is 16.9. The van der Waals surface area contributed by atoms with Crippen LogP contribution in [0.3, 0.4) is 0 Å². The number of para-hydroxylation sites is 1. The predicted octanol–water partition coefficient (Wildman–Crippen LogP) is 5.67. The summed E-state index contributed by atoms with van der Waals surface area (Å²) in [6.45, 7) is 2.03. The highest BCUT2D eigenvalue weighted by molar-refractivity contribution is 7.17. The number of nitrogens with zero attached hydrogens (tertiary/aromatic N) is 2. The normalized spacial score (nSPS) is 14.5. The quantitative estimate of drug-likeness (QED) is 0.257. The lowest BCUT2D eigenvalue weighted by molar-refractivity contribution is 0.0605. The third kappa shape index (κ3) is 4.26. The van der Waals surface area contributed by atoms with Gasteiger partial charge in [-0.05, 0) is 42.3 Å². The van der Waals surface area contributed by atoms with Gasteiger partial charge in [0.1, 0.15) is 22.8 Å². The standard InChI is InChI=1S/C30H22N2O6S/c1-17-27(29(35)36-2)39-30(31-17)32-24(19-11-8-12-20(15-19)37-16-18-9-4-3-5-10-18)23-25(33)21-13-6-7-14-22(21)38-26(23)28(32)34/h3-15,24H,16H2,1-2H3/t24-/m0/s1. The molecule has 1 aliphatic heterocycles. The molecule has 5 aromatic rings. The topological polar surface area (TPSA) is 98.9 Å². The first-order chi connectivity index (χ1) is 19.0. The number of fused-ring (bicyclic) bond motifs is 2. The molecular weight excluding hydrogens is 516 g/mol. The monoisotopic (exact) mass is 538 g/mol. The van der Waals surface area contributed by atoms with Crippen molar-refractivity contribution in [3.63, 3.8) is 0 Å². The number of methoxy groups -OCH3 is 1. The average Bonchev–Trinajstić information content (AvgIpc) is 3.49. The largest absolute Gasteiger partial charge is 0.489 e. The Morgan fingerprint density at radius 2 is 1.79 bits per heavy atom. The van der Waals surface area contributed by atoms with Crippen LogP contribution in [0.5, 0.6) is 5.75 Å². The van der Waals surface area contributed by atoms with Crippen LogP contribution in [0, 0.1) is 6.92 Å². The van der Waals surface area contributed by atoms with Crippen molar-refractivity contribution in [3.8, 4) is 5.75 Å². The highest BCUT2D eigenvalue weighted by atomic mass is 32.1. The van der Waals surface area contributed by atoms with Gasteiger partial charge in [-0.1, -0.05) is 65.9 Å². The zero-order valence-electron chi connectivity index (χ0n) is 21.0. The first kappa shape index (κ1) is 24.6. The van der Waals surface area contributed by atoms with Crippen molar-refractivity contribution in [2.45, 2.75) is 19.6 Å². The van der Waals surface area contributed by atoms with Crippen molar-refractivity contribution < 1.29 is 23.5 Å². The molecule has 1 amide bonds. The summed E-state index contributed by atoms with van der Waals surface area (Å²) in [4.78, 5) is 46.2. The number of hydrogen-bond acceptors (Lipinski definition) is 8. The number of ether oxygens (including phenoxy) is 2. The molecule has 0 fully saturated rings. The summed E-state index contributed by atoms with van der Waals surface area (Å²) in [7, 11) is 1.29. The minimum atomic E-state index is -0.843. The van der Waals surface area contributed by atoms with Crippen LogP contribution in [0.15, 0.2) is 88.1 Å². The summed E-state index contributed by atoms with van der Waals surface area (Å²) in [5.41, 5.74) is 2.31. The van der Waals surface area contributed by atoms with Gasteiger partial charge in [-0.2, -0.15) is 0 Å². The first-order valence-electron chi connectivity index (χ1n) is 12.2. The van der Waals surface area contributed by atoms with Crippen LogP contribution >= 0.6 is 11.3 Å². The molecule has 0 N–H and O–H groups in total. The molecule has 6 rings (SSSR count). The lowest BCUT2D eigenvalue weighted by Gasteiger charge is -2.23. The number of esters is 1. The number of rotatable bonds is 6. The van der Waals surface area contributed by atoms with Crippen LogP contribution in [0.4, 0.5) is 5.13 Å². The highest BCUT2D eigenvalue weighted by Crippen LogP contribution is 2.43. The van der Waals surface area contributed by atoms with Crippen molar-refractivity contribution in [2.75, 3.05) is 12.0 Å². The molecule has 8 nitrogen and oxygen atoms in total. The van der Waals surface area contributed by atoms with Gasteiger partial charge in [0.2, 0.25) is 5.76 Å². The minimum Gasteiger partial charge on any atom is -0.489 e. The van der Waals surface area contributed by atoms with Gasteiger partial charge in [0, 0.05) is 0 Å². The molecule has 39 heavy (non-hydrogen) atoms. The molecule has 1 atom stereocenters. The van der Waals surface area contributed by atoms with E-state index in [2.05, 4.69) is 4.98 Å². The van der Waals surface area contributed by atoms with E-state index in [9.17, 15) is 14.4 Å². The number of anilines is 1. The zero-order valence-corrected chi connectivity index (χ0v) is 21.9. The lowest BCUT2D eigenvalue weighted by atomic mass is 9.98. The molecular formula is C30H22N2O6S. The smallest absolute Gasteiger partial charge is 0.350 e. The Balaban J connectivity index is 1.49. The van der Waals surface area contributed by atoms with Gasteiger partial charge >= 0.3 is 5.97 Å². The van der Waals surface area contributed by atoms with E-state index in [0.717, 1.165) is 16.9 Å². The fourth-order valence-corrected chi connectivity index (χ4v) is 5.73. The molecule has 0 saturated heterocycles. The third-order valence-corrected chi connectivity index (χ3v) is 7.70. The van der Waals surface area contributed by atoms with Crippen molar-refractivity contribution in [1.82, 2.24) is 4.98 Å². The number of carbonyl (C=O) groups is 2. The molecule has 0 radical (unpaired) electrons. The number of benzene rings is 3. The van der Waals surface area contributed by atoms with E-state index in [4.69, 9.17) is 13.9 Å². The van der Waals surface area contributed by atoms with E-state index in [-0.39, 0.29) is 26.8 Å². The number of carbonyl (C=O) groups excluding carboxylic acids is 2. The van der Waals surface area contributed by atoms with E-state index < -0.39 is 17.9 Å². The average molecular weight is 539 g/mol. The molecule has 1 aliphatic rings. The Morgan fingerprint density at radius 1 is 1.03 bits per heavy atom. The Morgan fingerprint density at radius 3 is 2.59 bits per heavy atom. The second-order valence-corrected chi connectivity index (χ2v) is 9.97. The summed E-state index contributed by atoms with van der Waals surface area (Å²) in [5, 5.41) is 0.631. The van der Waals surface area contributed by atoms with Crippen LogP contribution in [-0.2, 0) is 11.3 Å². The van der Waals surface area contributed by atoms with Crippen LogP contribution < -0.4 is 15.1 Å². The Kier molecular flexibility index (Phi) is 6.20. The van der Waals surface area contributed by atoms with Crippen LogP contribution in [0.2, 0.25) is 0 Å². The van der Waals surface area contributed by atoms with Crippen molar-refractivity contribution >= 4 is 39.3 Å². The molecule has 3 heterocycles. The van der Waals surface area contributed by atoms with Gasteiger partial charge in [0.05, 0.1) is 29.8 Å². The van der Waals surface area contributed by atoms with Gasteiger partial charge in [0.15, 0.2) is 10.6 Å². The summed E-state index contributed by atoms with van der Waals surface area (Å²) >= 11 is 1.03. The van der Waals surface area contributed by atoms with Crippen LogP contribution in [-0.4, -0.2) is 24.0 Å². The van der Waals surface area contributed by atoms with E-state index >= 15 is 0 Å². The van der Waals surface area contributed by atoms with E-state index in [1.165, 1.54) is 12.0 Å². The van der Waals surface area contributed by atoms with Gasteiger partial charge < -0.3 is 13.9 Å². The molecule has 0 aliphatic carbocycles. The van der Waals surface area contributed by atoms with Gasteiger partial charge in [-0.3, -0.25) is 14.5 Å². The third-order valence-electron chi connectivity index (χ3n) is 6.56. The maximum atomic E-state index is 13.8. The van der Waals surface area contributed by atoms with Crippen molar-refractivity contribution in [1.29, 1.82) is 0 Å². The maximum Gasteiger partial charge on any atom is 0.350 e. The number of hydrogen-bond donors (Lipinski definition) is 0. The second kappa shape index (κ2) is 9.85. The SMILES string of the molecule is COC(=O)c1sc(N2C(=O)c3oc4ccccc4c(=O)c3[C@@H]2c2cccc(OCc3ccccc3)c2)nc1C. The maximum absolute atomic E-state index is 13.8. The Labute approximate surface area is 227 Å². The Hall–Kier alpha value is -4.76. The lowest BCUT2D eigenvalue weighted by Crippen LogP contribution is -2.29. The second-order valence-electron chi connectivity index (χ2n) is 9.00. The van der Waals surface area contributed by atoms with Crippen molar-refractivity contribution in [2.24, 2.45) is 0 Å². The molecule has 0 saturated carbocycles. The van der Waals surface area contributed by atoms with Gasteiger partial charge in [-0.15, -0.1) is 0 Å². The summed E-state index contributed by atoms with van der Waals surface area (Å²) in [5.74, 6) is -0.536. The fraction of sp³-hybridized carbons (Fsp3) is 0.133. The molecule has 0 spiro atoms. The fourth-order valence-electron chi connectivity index (χ4n) is 4.71. The van der Waals surface area contributed by atoms with Crippen LogP contribution in [0.1, 0.15) is 48.7 Å². The molecule has 9 heteroatoms. The van der Waals surface area contributed by atoms with Crippen LogP contribution in [0.25, 0.3) is 11.0 Å². The zero-order chi connectivity index (χ0) is 27.1. The molecule has 194 valence electrons. The molecule has 3 aromatic carbocycles.